The molecule has 0 amide bonds. The van der Waals surface area contributed by atoms with Gasteiger partial charge < -0.3 is 4.43 Å². The van der Waals surface area contributed by atoms with Gasteiger partial charge in [0.2, 0.25) is 0 Å². The number of rotatable bonds is 3. The largest absolute Gasteiger partial charge is 0.416 e. The van der Waals surface area contributed by atoms with E-state index in [0.717, 1.165) is 0 Å². The summed E-state index contributed by atoms with van der Waals surface area (Å²) in [6.07, 6.45) is -1.000. The third kappa shape index (κ3) is 2.37. The Morgan fingerprint density at radius 2 is 2.00 bits per heavy atom. The molecule has 94 valence electrons. The van der Waals surface area contributed by atoms with Crippen LogP contribution >= 0.6 is 0 Å². The van der Waals surface area contributed by atoms with Gasteiger partial charge in [0, 0.05) is 18.4 Å². The minimum atomic E-state index is -1.83. The summed E-state index contributed by atoms with van der Waals surface area (Å²) in [6.45, 7) is 12.9. The van der Waals surface area contributed by atoms with Gasteiger partial charge in [-0.1, -0.05) is 27.7 Å². The van der Waals surface area contributed by atoms with Crippen LogP contribution in [0.1, 0.15) is 34.1 Å². The van der Waals surface area contributed by atoms with Crippen LogP contribution in [0, 0.1) is 5.41 Å². The van der Waals surface area contributed by atoms with E-state index in [1.807, 2.05) is 0 Å². The highest BCUT2D eigenvalue weighted by Crippen LogP contribution is 2.43. The van der Waals surface area contributed by atoms with Crippen molar-refractivity contribution in [2.45, 2.75) is 58.4 Å². The lowest BCUT2D eigenvalue weighted by molar-refractivity contribution is -0.147. The van der Waals surface area contributed by atoms with E-state index in [0.29, 0.717) is 13.0 Å². The molecule has 1 rings (SSSR count). The van der Waals surface area contributed by atoms with Gasteiger partial charge in [0.1, 0.15) is 0 Å². The van der Waals surface area contributed by atoms with Crippen molar-refractivity contribution in [1.29, 1.82) is 0 Å². The molecule has 1 saturated carbocycles. The summed E-state index contributed by atoms with van der Waals surface area (Å²) in [5.41, 5.74) is -0.577. The summed E-state index contributed by atoms with van der Waals surface area (Å²) >= 11 is 0. The molecule has 0 radical (unpaired) electrons. The number of halogens is 1. The van der Waals surface area contributed by atoms with Crippen LogP contribution in [0.2, 0.25) is 18.1 Å². The van der Waals surface area contributed by atoms with Gasteiger partial charge in [-0.25, -0.2) is 4.39 Å². The smallest absolute Gasteiger partial charge is 0.192 e. The van der Waals surface area contributed by atoms with Crippen molar-refractivity contribution in [2.75, 3.05) is 6.61 Å². The zero-order valence-electron chi connectivity index (χ0n) is 11.2. The summed E-state index contributed by atoms with van der Waals surface area (Å²) in [5.74, 6) is -0.277. The fourth-order valence-electron chi connectivity index (χ4n) is 1.52. The molecule has 0 aromatic rings. The summed E-state index contributed by atoms with van der Waals surface area (Å²) in [4.78, 5) is 10.9. The van der Waals surface area contributed by atoms with E-state index in [4.69, 9.17) is 4.43 Å². The lowest BCUT2D eigenvalue weighted by Gasteiger charge is -2.44. The Balaban J connectivity index is 2.56. The van der Waals surface area contributed by atoms with Gasteiger partial charge in [0.05, 0.1) is 0 Å². The molecular formula is C12H23FO2Si. The summed E-state index contributed by atoms with van der Waals surface area (Å²) < 4.78 is 19.4. The summed E-state index contributed by atoms with van der Waals surface area (Å²) in [7, 11) is -1.83. The molecular weight excluding hydrogens is 223 g/mol. The topological polar surface area (TPSA) is 26.3 Å². The molecule has 1 fully saturated rings. The van der Waals surface area contributed by atoms with Crippen molar-refractivity contribution in [3.8, 4) is 0 Å². The standard InChI is InChI=1S/C12H23FO2Si/c1-11(2,3)16(5,6)15-8-12(4)7-9(14)10(12)13/h10H,7-8H2,1-6H3. The maximum Gasteiger partial charge on any atom is 0.192 e. The van der Waals surface area contributed by atoms with E-state index in [-0.39, 0.29) is 10.8 Å². The number of hydrogen-bond acceptors (Lipinski definition) is 2. The number of carbonyl (C=O) groups excluding carboxylic acids is 1. The van der Waals surface area contributed by atoms with Gasteiger partial charge in [-0.05, 0) is 18.1 Å². The lowest BCUT2D eigenvalue weighted by atomic mass is 9.68. The second-order valence-electron chi connectivity index (χ2n) is 6.71. The van der Waals surface area contributed by atoms with Gasteiger partial charge >= 0.3 is 0 Å². The second kappa shape index (κ2) is 3.91. The average Bonchev–Trinajstić information content (AvgIpc) is 2.13. The Labute approximate surface area is 98.7 Å². The van der Waals surface area contributed by atoms with Crippen LogP contribution in [0.25, 0.3) is 0 Å². The molecule has 0 aromatic heterocycles. The van der Waals surface area contributed by atoms with Crippen molar-refractivity contribution in [3.05, 3.63) is 0 Å². The first-order valence-electron chi connectivity index (χ1n) is 5.80. The SMILES string of the molecule is CC1(CO[Si](C)(C)C(C)(C)C)CC(=O)C1F. The molecule has 1 aliphatic rings. The number of ketones is 1. The highest BCUT2D eigenvalue weighted by Gasteiger charge is 2.52. The Kier molecular flexibility index (Phi) is 3.38. The van der Waals surface area contributed by atoms with E-state index >= 15 is 0 Å². The van der Waals surface area contributed by atoms with Crippen molar-refractivity contribution in [3.63, 3.8) is 0 Å². The number of hydrogen-bond donors (Lipinski definition) is 0. The van der Waals surface area contributed by atoms with Crippen molar-refractivity contribution in [1.82, 2.24) is 0 Å². The highest BCUT2D eigenvalue weighted by molar-refractivity contribution is 6.74. The van der Waals surface area contributed by atoms with Crippen molar-refractivity contribution < 1.29 is 13.6 Å². The first-order chi connectivity index (χ1) is 7.00. The Morgan fingerprint density at radius 1 is 1.50 bits per heavy atom. The van der Waals surface area contributed by atoms with Crippen LogP contribution in [0.5, 0.6) is 0 Å². The quantitative estimate of drug-likeness (QED) is 0.714. The fraction of sp³-hybridized carbons (Fsp3) is 0.917. The Hall–Kier alpha value is -0.223. The highest BCUT2D eigenvalue weighted by atomic mass is 28.4. The zero-order valence-corrected chi connectivity index (χ0v) is 12.2. The first-order valence-corrected chi connectivity index (χ1v) is 8.71. The van der Waals surface area contributed by atoms with Crippen LogP contribution in [-0.4, -0.2) is 26.9 Å². The molecule has 1 aliphatic carbocycles. The van der Waals surface area contributed by atoms with E-state index < -0.39 is 19.9 Å². The van der Waals surface area contributed by atoms with Crippen molar-refractivity contribution in [2.24, 2.45) is 5.41 Å². The molecule has 0 N–H and O–H groups in total. The van der Waals surface area contributed by atoms with Gasteiger partial charge in [-0.15, -0.1) is 0 Å². The zero-order chi connectivity index (χ0) is 12.8. The monoisotopic (exact) mass is 246 g/mol. The maximum atomic E-state index is 13.4. The number of Topliss-reactive ketones (excluding diaryl/α,β-unsaturated/α-hetero) is 1. The summed E-state index contributed by atoms with van der Waals surface area (Å²) in [5, 5.41) is 0.128. The molecule has 4 heteroatoms. The molecule has 0 heterocycles. The molecule has 2 unspecified atom stereocenters. The molecule has 16 heavy (non-hydrogen) atoms. The predicted octanol–water partition coefficient (Wildman–Crippen LogP) is 3.33. The molecule has 0 aliphatic heterocycles. The molecule has 0 spiro atoms. The summed E-state index contributed by atoms with van der Waals surface area (Å²) in [6, 6.07) is 0. The minimum Gasteiger partial charge on any atom is -0.416 e. The third-order valence-corrected chi connectivity index (χ3v) is 8.52. The van der Waals surface area contributed by atoms with Crippen LogP contribution in [0.4, 0.5) is 4.39 Å². The van der Waals surface area contributed by atoms with E-state index in [9.17, 15) is 9.18 Å². The Morgan fingerprint density at radius 3 is 2.31 bits per heavy atom. The molecule has 0 saturated heterocycles. The van der Waals surface area contributed by atoms with Gasteiger partial charge in [-0.2, -0.15) is 0 Å². The third-order valence-electron chi connectivity index (χ3n) is 4.04. The number of alkyl halides is 1. The van der Waals surface area contributed by atoms with Gasteiger partial charge in [-0.3, -0.25) is 4.79 Å². The van der Waals surface area contributed by atoms with E-state index in [2.05, 4.69) is 33.9 Å². The first kappa shape index (κ1) is 13.8. The molecule has 0 aromatic carbocycles. The van der Waals surface area contributed by atoms with Crippen LogP contribution in [0.3, 0.4) is 0 Å². The molecule has 0 bridgehead atoms. The van der Waals surface area contributed by atoms with E-state index in [1.54, 1.807) is 6.92 Å². The molecule has 2 atom stereocenters. The fourth-order valence-corrected chi connectivity index (χ4v) is 2.64. The second-order valence-corrected chi connectivity index (χ2v) is 11.5. The average molecular weight is 246 g/mol. The van der Waals surface area contributed by atoms with Crippen LogP contribution in [0.15, 0.2) is 0 Å². The van der Waals surface area contributed by atoms with Gasteiger partial charge in [0.15, 0.2) is 20.3 Å². The van der Waals surface area contributed by atoms with Crippen LogP contribution in [-0.2, 0) is 9.22 Å². The maximum absolute atomic E-state index is 13.4. The predicted molar refractivity (Wildman–Crippen MR) is 65.8 cm³/mol. The number of carbonyl (C=O) groups is 1. The van der Waals surface area contributed by atoms with E-state index in [1.165, 1.54) is 0 Å². The lowest BCUT2D eigenvalue weighted by Crippen LogP contribution is -2.54. The molecule has 2 nitrogen and oxygen atoms in total. The Bertz CT molecular complexity index is 296. The van der Waals surface area contributed by atoms with Crippen LogP contribution < -0.4 is 0 Å². The van der Waals surface area contributed by atoms with Gasteiger partial charge in [0.25, 0.3) is 0 Å². The van der Waals surface area contributed by atoms with Crippen molar-refractivity contribution >= 4 is 14.1 Å². The normalized spacial score (nSPS) is 31.4. The minimum absolute atomic E-state index is 0.128.